The molecule has 0 aromatic rings. The predicted molar refractivity (Wildman–Crippen MR) is 160 cm³/mol. The zero-order valence-corrected chi connectivity index (χ0v) is 28.8. The molecular formula is C28H58O4Si3. The van der Waals surface area contributed by atoms with Gasteiger partial charge in [0.2, 0.25) is 0 Å². The molecule has 0 aliphatic heterocycles. The highest BCUT2D eigenvalue weighted by atomic mass is 28.4. The molecule has 1 fully saturated rings. The third-order valence-electron chi connectivity index (χ3n) is 9.07. The molecule has 0 spiro atoms. The molecule has 7 heteroatoms. The highest BCUT2D eigenvalue weighted by molar-refractivity contribution is 6.75. The number of rotatable bonds is 8. The van der Waals surface area contributed by atoms with E-state index in [1.54, 1.807) is 0 Å². The van der Waals surface area contributed by atoms with Gasteiger partial charge in [0.05, 0.1) is 25.4 Å². The maximum Gasteiger partial charge on any atom is 0.192 e. The van der Waals surface area contributed by atoms with E-state index in [4.69, 9.17) is 13.3 Å². The largest absolute Gasteiger partial charge is 0.413 e. The molecule has 1 aliphatic rings. The van der Waals surface area contributed by atoms with Gasteiger partial charge in [-0.05, 0) is 72.8 Å². The molecule has 35 heavy (non-hydrogen) atoms. The van der Waals surface area contributed by atoms with Gasteiger partial charge in [-0.15, -0.1) is 0 Å². The second-order valence-electron chi connectivity index (χ2n) is 15.0. The third kappa shape index (κ3) is 8.76. The summed E-state index contributed by atoms with van der Waals surface area (Å²) in [7, 11) is -5.91. The van der Waals surface area contributed by atoms with Crippen LogP contribution < -0.4 is 0 Å². The summed E-state index contributed by atoms with van der Waals surface area (Å²) in [6, 6.07) is 0. The van der Waals surface area contributed by atoms with Gasteiger partial charge in [0.1, 0.15) is 0 Å². The van der Waals surface area contributed by atoms with Crippen molar-refractivity contribution < 1.29 is 18.4 Å². The monoisotopic (exact) mass is 542 g/mol. The summed E-state index contributed by atoms with van der Waals surface area (Å²) in [5, 5.41) is 10.1. The molecule has 1 unspecified atom stereocenters. The normalized spacial score (nSPS) is 23.9. The minimum absolute atomic E-state index is 0.0415. The molecule has 0 aromatic carbocycles. The van der Waals surface area contributed by atoms with Gasteiger partial charge in [0.15, 0.2) is 25.0 Å². The Morgan fingerprint density at radius 2 is 1.06 bits per heavy atom. The Kier molecular flexibility index (Phi) is 10.7. The highest BCUT2D eigenvalue weighted by Crippen LogP contribution is 2.45. The van der Waals surface area contributed by atoms with Crippen molar-refractivity contribution in [3.63, 3.8) is 0 Å². The van der Waals surface area contributed by atoms with Crippen LogP contribution in [0.1, 0.15) is 75.2 Å². The molecule has 1 saturated carbocycles. The quantitative estimate of drug-likeness (QED) is 0.247. The maximum absolute atomic E-state index is 9.72. The van der Waals surface area contributed by atoms with Gasteiger partial charge in [-0.3, -0.25) is 0 Å². The van der Waals surface area contributed by atoms with Crippen LogP contribution in [0.3, 0.4) is 0 Å². The van der Waals surface area contributed by atoms with Gasteiger partial charge >= 0.3 is 0 Å². The summed E-state index contributed by atoms with van der Waals surface area (Å²) in [6.45, 7) is 35.2. The average molecular weight is 543 g/mol. The molecule has 0 saturated heterocycles. The first-order chi connectivity index (χ1) is 15.5. The van der Waals surface area contributed by atoms with E-state index in [9.17, 15) is 5.11 Å². The topological polar surface area (TPSA) is 47.9 Å². The molecule has 2 atom stereocenters. The fourth-order valence-electron chi connectivity index (χ4n) is 3.41. The zero-order valence-electron chi connectivity index (χ0n) is 25.8. The van der Waals surface area contributed by atoms with E-state index in [1.807, 2.05) is 6.08 Å². The summed E-state index contributed by atoms with van der Waals surface area (Å²) in [6.07, 6.45) is 5.80. The van der Waals surface area contributed by atoms with E-state index in [0.717, 1.165) is 12.8 Å². The van der Waals surface area contributed by atoms with Crippen LogP contribution in [0.15, 0.2) is 23.3 Å². The highest BCUT2D eigenvalue weighted by Gasteiger charge is 2.45. The van der Waals surface area contributed by atoms with E-state index >= 15 is 0 Å². The first kappa shape index (κ1) is 33.0. The van der Waals surface area contributed by atoms with E-state index in [2.05, 4.69) is 108 Å². The number of hydrogen-bond donors (Lipinski definition) is 1. The lowest BCUT2D eigenvalue weighted by Gasteiger charge is -2.46. The summed E-state index contributed by atoms with van der Waals surface area (Å²) >= 11 is 0. The molecule has 1 rings (SSSR count). The van der Waals surface area contributed by atoms with Crippen molar-refractivity contribution in [2.45, 2.75) is 142 Å². The molecule has 0 aromatic heterocycles. The van der Waals surface area contributed by atoms with Gasteiger partial charge in [0, 0.05) is 0 Å². The molecule has 1 N–H and O–H groups in total. The Balaban J connectivity index is 3.49. The Hall–Kier alpha value is -0.0294. The van der Waals surface area contributed by atoms with Crippen molar-refractivity contribution in [3.05, 3.63) is 23.3 Å². The van der Waals surface area contributed by atoms with Crippen LogP contribution in [0.4, 0.5) is 0 Å². The van der Waals surface area contributed by atoms with E-state index in [-0.39, 0.29) is 33.9 Å². The van der Waals surface area contributed by atoms with Crippen LogP contribution in [-0.2, 0) is 13.3 Å². The van der Waals surface area contributed by atoms with E-state index in [1.165, 1.54) is 11.1 Å². The zero-order chi connectivity index (χ0) is 27.7. The Morgan fingerprint density at radius 1 is 0.686 bits per heavy atom. The van der Waals surface area contributed by atoms with Crippen molar-refractivity contribution in [1.82, 2.24) is 0 Å². The van der Waals surface area contributed by atoms with Crippen LogP contribution >= 0.6 is 0 Å². The summed E-state index contributed by atoms with van der Waals surface area (Å²) in [5.74, 6) is 0. The van der Waals surface area contributed by atoms with Gasteiger partial charge in [-0.1, -0.05) is 80.0 Å². The lowest BCUT2D eigenvalue weighted by molar-refractivity contribution is 0.129. The SMILES string of the molecule is CC(C)(C)[Si](C)(C)OCC=C1C(O[Si](C)(C)C(C)(C)C)C/C(=C\CO)C[C@H]1O[Si](C)(C)C(C)(C)C. The molecule has 0 heterocycles. The first-order valence-electron chi connectivity index (χ1n) is 13.4. The molecular weight excluding hydrogens is 485 g/mol. The molecule has 0 radical (unpaired) electrons. The molecule has 206 valence electrons. The first-order valence-corrected chi connectivity index (χ1v) is 22.2. The Morgan fingerprint density at radius 3 is 1.37 bits per heavy atom. The van der Waals surface area contributed by atoms with Gasteiger partial charge in [0.25, 0.3) is 0 Å². The van der Waals surface area contributed by atoms with Crippen molar-refractivity contribution in [1.29, 1.82) is 0 Å². The standard InChI is InChI=1S/C28H58O4Si3/c1-26(2,3)33(10,11)30-19-17-23-24(31-34(12,13)27(4,5)6)20-22(16-18-29)21-25(23)32-35(14,15)28(7,8)9/h16-17,24-25,29H,18-21H2,1-15H3/b22-16-,23-17?/t24-,25?/m1/s1. The molecule has 4 nitrogen and oxygen atoms in total. The lowest BCUT2D eigenvalue weighted by atomic mass is 9.85. The predicted octanol–water partition coefficient (Wildman–Crippen LogP) is 8.43. The fraction of sp³-hybridized carbons (Fsp3) is 0.857. The second-order valence-corrected chi connectivity index (χ2v) is 29.3. The van der Waals surface area contributed by atoms with Crippen molar-refractivity contribution >= 4 is 25.0 Å². The summed E-state index contributed by atoms with van der Waals surface area (Å²) in [5.41, 5.74) is 2.48. The summed E-state index contributed by atoms with van der Waals surface area (Å²) < 4.78 is 20.7. The van der Waals surface area contributed by atoms with Gasteiger partial charge < -0.3 is 18.4 Å². The summed E-state index contributed by atoms with van der Waals surface area (Å²) in [4.78, 5) is 0. The van der Waals surface area contributed by atoms with Crippen molar-refractivity contribution in [2.24, 2.45) is 0 Å². The van der Waals surface area contributed by atoms with Gasteiger partial charge in [-0.25, -0.2) is 0 Å². The molecule has 1 aliphatic carbocycles. The Bertz CT molecular complexity index is 721. The minimum Gasteiger partial charge on any atom is -0.413 e. The smallest absolute Gasteiger partial charge is 0.192 e. The van der Waals surface area contributed by atoms with Crippen LogP contribution in [0.25, 0.3) is 0 Å². The number of aliphatic hydroxyl groups excluding tert-OH is 1. The second kappa shape index (κ2) is 11.4. The number of aliphatic hydroxyl groups is 1. The van der Waals surface area contributed by atoms with Crippen LogP contribution in [0.5, 0.6) is 0 Å². The van der Waals surface area contributed by atoms with Crippen molar-refractivity contribution in [3.8, 4) is 0 Å². The molecule has 0 amide bonds. The minimum atomic E-state index is -2.02. The maximum atomic E-state index is 9.72. The van der Waals surface area contributed by atoms with Crippen molar-refractivity contribution in [2.75, 3.05) is 13.2 Å². The van der Waals surface area contributed by atoms with Gasteiger partial charge in [-0.2, -0.15) is 0 Å². The van der Waals surface area contributed by atoms with E-state index in [0.29, 0.717) is 6.61 Å². The fourth-order valence-corrected chi connectivity index (χ4v) is 6.91. The third-order valence-corrected chi connectivity index (χ3v) is 22.5. The van der Waals surface area contributed by atoms with Crippen LogP contribution in [0, 0.1) is 0 Å². The Labute approximate surface area is 221 Å². The van der Waals surface area contributed by atoms with E-state index < -0.39 is 25.0 Å². The lowest BCUT2D eigenvalue weighted by Crippen LogP contribution is -2.50. The number of hydrogen-bond acceptors (Lipinski definition) is 4. The average Bonchev–Trinajstić information content (AvgIpc) is 2.60. The van der Waals surface area contributed by atoms with Crippen LogP contribution in [-0.4, -0.2) is 55.5 Å². The van der Waals surface area contributed by atoms with Crippen LogP contribution in [0.2, 0.25) is 54.4 Å². The molecule has 0 bridgehead atoms.